The predicted octanol–water partition coefficient (Wildman–Crippen LogP) is 7.59. The molecule has 0 spiro atoms. The number of carbonyl (C=O) groups is 2. The molecule has 198 valence electrons. The van der Waals surface area contributed by atoms with Crippen molar-refractivity contribution in [3.63, 3.8) is 0 Å². The van der Waals surface area contributed by atoms with Crippen molar-refractivity contribution < 1.29 is 19.1 Å². The van der Waals surface area contributed by atoms with Gasteiger partial charge in [0, 0.05) is 17.0 Å². The number of anilines is 1. The first kappa shape index (κ1) is 28.0. The smallest absolute Gasteiger partial charge is 0.412 e. The molecule has 0 saturated carbocycles. The van der Waals surface area contributed by atoms with Gasteiger partial charge in [0.25, 0.3) is 0 Å². The Hall–Kier alpha value is -3.61. The molecule has 0 radical (unpaired) electrons. The van der Waals surface area contributed by atoms with Gasteiger partial charge < -0.3 is 9.47 Å². The lowest BCUT2D eigenvalue weighted by molar-refractivity contribution is 0.0542. The third kappa shape index (κ3) is 8.20. The number of hydrogen-bond acceptors (Lipinski definition) is 5. The molecule has 3 rings (SSSR count). The topological polar surface area (TPSA) is 101 Å². The Morgan fingerprint density at radius 1 is 0.919 bits per heavy atom. The Morgan fingerprint density at radius 3 is 2.14 bits per heavy atom. The second-order valence-electron chi connectivity index (χ2n) is 11.4. The second kappa shape index (κ2) is 11.2. The number of allylic oxidation sites excluding steroid dienone is 8. The number of amides is 2. The van der Waals surface area contributed by atoms with Crippen molar-refractivity contribution in [1.29, 1.82) is 5.41 Å². The number of benzene rings is 1. The number of rotatable bonds is 5. The molecule has 2 aliphatic rings. The summed E-state index contributed by atoms with van der Waals surface area (Å²) in [5, 5.41) is 14.7. The number of carbonyl (C=O) groups excluding carboxylic acids is 2. The maximum Gasteiger partial charge on any atom is 0.412 e. The number of aryl methyl sites for hydroxylation is 1. The molecule has 1 aromatic carbocycles. The molecule has 3 N–H and O–H groups in total. The van der Waals surface area contributed by atoms with E-state index in [2.05, 4.69) is 22.8 Å². The molecule has 0 bridgehead atoms. The molecule has 7 heteroatoms. The summed E-state index contributed by atoms with van der Waals surface area (Å²) in [5.74, 6) is 0. The van der Waals surface area contributed by atoms with Gasteiger partial charge in [-0.05, 0) is 115 Å². The standard InChI is InChI=1S/C30H39N3O4/c1-19-17-21(13-16-25(19)33-28(35)37-30(5,6)7)23-15-14-22(32-27(34)36-29(2,3)4)18-24(23)26(31)20-11-9-8-10-12-20/h9,11-13,16-18,31H,8,10,14-15H2,1-7H3,(H,32,34)(H,33,35). The zero-order chi connectivity index (χ0) is 27.4. The van der Waals surface area contributed by atoms with E-state index in [0.717, 1.165) is 46.4 Å². The van der Waals surface area contributed by atoms with E-state index in [-0.39, 0.29) is 0 Å². The Labute approximate surface area is 220 Å². The summed E-state index contributed by atoms with van der Waals surface area (Å²) in [6.07, 6.45) is 10.1. The fourth-order valence-electron chi connectivity index (χ4n) is 4.14. The van der Waals surface area contributed by atoms with Gasteiger partial charge in [0.1, 0.15) is 11.2 Å². The summed E-state index contributed by atoms with van der Waals surface area (Å²) < 4.78 is 10.8. The lowest BCUT2D eigenvalue weighted by atomic mass is 9.84. The molecule has 7 nitrogen and oxygen atoms in total. The average Bonchev–Trinajstić information content (AvgIpc) is 2.78. The first-order chi connectivity index (χ1) is 17.2. The molecule has 1 aromatic rings. The largest absolute Gasteiger partial charge is 0.444 e. The van der Waals surface area contributed by atoms with Crippen molar-refractivity contribution in [1.82, 2.24) is 5.32 Å². The Balaban J connectivity index is 1.94. The fourth-order valence-corrected chi connectivity index (χ4v) is 4.14. The van der Waals surface area contributed by atoms with Gasteiger partial charge in [-0.2, -0.15) is 0 Å². The molecule has 0 fully saturated rings. The van der Waals surface area contributed by atoms with Crippen LogP contribution in [-0.4, -0.2) is 29.1 Å². The van der Waals surface area contributed by atoms with Gasteiger partial charge >= 0.3 is 12.2 Å². The van der Waals surface area contributed by atoms with E-state index in [1.54, 1.807) is 0 Å². The highest BCUT2D eigenvalue weighted by atomic mass is 16.6. The summed E-state index contributed by atoms with van der Waals surface area (Å²) in [7, 11) is 0. The van der Waals surface area contributed by atoms with Crippen LogP contribution in [0.5, 0.6) is 0 Å². The SMILES string of the molecule is Cc1cc(C2=C(C(=N)C3=CCCC=C3)C=C(NC(=O)OC(C)(C)C)CC2)ccc1NC(=O)OC(C)(C)C. The third-order valence-corrected chi connectivity index (χ3v) is 5.71. The summed E-state index contributed by atoms with van der Waals surface area (Å²) >= 11 is 0. The molecule has 0 unspecified atom stereocenters. The van der Waals surface area contributed by atoms with E-state index in [9.17, 15) is 9.59 Å². The van der Waals surface area contributed by atoms with Crippen molar-refractivity contribution >= 4 is 29.2 Å². The minimum atomic E-state index is -0.597. The highest BCUT2D eigenvalue weighted by Crippen LogP contribution is 2.35. The molecular formula is C30H39N3O4. The van der Waals surface area contributed by atoms with Crippen molar-refractivity contribution in [3.05, 3.63) is 70.5 Å². The number of nitrogens with one attached hydrogen (secondary N) is 3. The second-order valence-corrected chi connectivity index (χ2v) is 11.4. The van der Waals surface area contributed by atoms with Crippen LogP contribution in [0.2, 0.25) is 0 Å². The summed E-state index contributed by atoms with van der Waals surface area (Å²) in [6, 6.07) is 5.83. The number of hydrogen-bond donors (Lipinski definition) is 3. The molecule has 2 amide bonds. The van der Waals surface area contributed by atoms with Gasteiger partial charge in [-0.3, -0.25) is 16.0 Å². The van der Waals surface area contributed by atoms with Gasteiger partial charge in [0.15, 0.2) is 0 Å². The van der Waals surface area contributed by atoms with Crippen LogP contribution in [0, 0.1) is 12.3 Å². The van der Waals surface area contributed by atoms with E-state index in [1.807, 2.05) is 78.8 Å². The molecule has 0 heterocycles. The zero-order valence-electron chi connectivity index (χ0n) is 23.0. The minimum Gasteiger partial charge on any atom is -0.444 e. The molecule has 0 atom stereocenters. The van der Waals surface area contributed by atoms with Crippen LogP contribution in [0.15, 0.2) is 59.3 Å². The Bertz CT molecular complexity index is 1200. The van der Waals surface area contributed by atoms with E-state index >= 15 is 0 Å². The lowest BCUT2D eigenvalue weighted by Gasteiger charge is -2.25. The normalized spacial score (nSPS) is 16.0. The van der Waals surface area contributed by atoms with Gasteiger partial charge in [0.05, 0.1) is 5.71 Å². The summed E-state index contributed by atoms with van der Waals surface area (Å²) in [5.41, 5.74) is 5.15. The van der Waals surface area contributed by atoms with E-state index in [1.165, 1.54) is 0 Å². The molecule has 0 aliphatic heterocycles. The quantitative estimate of drug-likeness (QED) is 0.359. The lowest BCUT2D eigenvalue weighted by Crippen LogP contribution is -2.32. The monoisotopic (exact) mass is 505 g/mol. The maximum atomic E-state index is 12.4. The first-order valence-electron chi connectivity index (χ1n) is 12.7. The fraction of sp³-hybridized carbons (Fsp3) is 0.433. The van der Waals surface area contributed by atoms with Crippen LogP contribution in [0.25, 0.3) is 5.57 Å². The average molecular weight is 506 g/mol. The molecule has 0 saturated heterocycles. The van der Waals surface area contributed by atoms with Crippen LogP contribution in [0.1, 0.15) is 78.4 Å². The Kier molecular flexibility index (Phi) is 8.46. The Morgan fingerprint density at radius 2 is 1.57 bits per heavy atom. The van der Waals surface area contributed by atoms with E-state index < -0.39 is 23.4 Å². The van der Waals surface area contributed by atoms with Crippen molar-refractivity contribution in [2.75, 3.05) is 5.32 Å². The maximum absolute atomic E-state index is 12.4. The van der Waals surface area contributed by atoms with Crippen molar-refractivity contribution in [2.24, 2.45) is 0 Å². The first-order valence-corrected chi connectivity index (χ1v) is 12.7. The van der Waals surface area contributed by atoms with Gasteiger partial charge in [0.2, 0.25) is 0 Å². The van der Waals surface area contributed by atoms with Gasteiger partial charge in [-0.1, -0.05) is 24.3 Å². The highest BCUT2D eigenvalue weighted by Gasteiger charge is 2.24. The van der Waals surface area contributed by atoms with Crippen LogP contribution in [0.4, 0.5) is 15.3 Å². The van der Waals surface area contributed by atoms with Crippen LogP contribution in [-0.2, 0) is 9.47 Å². The number of ether oxygens (including phenoxy) is 2. The summed E-state index contributed by atoms with van der Waals surface area (Å²) in [6.45, 7) is 12.9. The van der Waals surface area contributed by atoms with Crippen LogP contribution < -0.4 is 10.6 Å². The predicted molar refractivity (Wildman–Crippen MR) is 149 cm³/mol. The van der Waals surface area contributed by atoms with Gasteiger partial charge in [-0.15, -0.1) is 0 Å². The molecule has 2 aliphatic carbocycles. The molecule has 0 aromatic heterocycles. The third-order valence-electron chi connectivity index (χ3n) is 5.71. The minimum absolute atomic E-state index is 0.419. The molecule has 37 heavy (non-hydrogen) atoms. The summed E-state index contributed by atoms with van der Waals surface area (Å²) in [4.78, 5) is 24.7. The highest BCUT2D eigenvalue weighted by molar-refractivity contribution is 6.18. The van der Waals surface area contributed by atoms with Crippen molar-refractivity contribution in [3.8, 4) is 0 Å². The van der Waals surface area contributed by atoms with E-state index in [4.69, 9.17) is 14.9 Å². The van der Waals surface area contributed by atoms with Crippen LogP contribution >= 0.6 is 0 Å². The van der Waals surface area contributed by atoms with Crippen molar-refractivity contribution in [2.45, 2.75) is 85.4 Å². The van der Waals surface area contributed by atoms with E-state index in [0.29, 0.717) is 24.2 Å². The van der Waals surface area contributed by atoms with Gasteiger partial charge in [-0.25, -0.2) is 9.59 Å². The number of alkyl carbamates (subject to hydrolysis) is 1. The molecular weight excluding hydrogens is 466 g/mol. The van der Waals surface area contributed by atoms with Crippen LogP contribution in [0.3, 0.4) is 0 Å². The zero-order valence-corrected chi connectivity index (χ0v) is 23.0.